The molecule has 0 saturated heterocycles. The number of carbonyl (C=O) groups is 4. The van der Waals surface area contributed by atoms with Gasteiger partial charge in [-0.05, 0) is 18.6 Å². The summed E-state index contributed by atoms with van der Waals surface area (Å²) in [4.78, 5) is 47.6. The van der Waals surface area contributed by atoms with Gasteiger partial charge < -0.3 is 15.2 Å². The average Bonchev–Trinajstić information content (AvgIpc) is 2.73. The van der Waals surface area contributed by atoms with Gasteiger partial charge in [0.15, 0.2) is 0 Å². The molecular formula is C14H14N2O5. The van der Waals surface area contributed by atoms with Crippen LogP contribution in [-0.4, -0.2) is 47.1 Å². The molecule has 1 aromatic carbocycles. The summed E-state index contributed by atoms with van der Waals surface area (Å²) in [5.41, 5.74) is -0.0407. The highest BCUT2D eigenvalue weighted by atomic mass is 16.3. The van der Waals surface area contributed by atoms with E-state index < -0.39 is 17.9 Å². The first-order valence-electron chi connectivity index (χ1n) is 6.37. The molecule has 110 valence electrons. The molecule has 0 aromatic heterocycles. The number of nitrogens with one attached hydrogen (secondary N) is 1. The Morgan fingerprint density at radius 1 is 1.38 bits per heavy atom. The Labute approximate surface area is 120 Å². The summed E-state index contributed by atoms with van der Waals surface area (Å²) >= 11 is 0. The maximum Gasteiger partial charge on any atom is 0.265 e. The zero-order valence-electron chi connectivity index (χ0n) is 11.3. The highest BCUT2D eigenvalue weighted by molar-refractivity contribution is 6.23. The second-order valence-electron chi connectivity index (χ2n) is 4.60. The van der Waals surface area contributed by atoms with E-state index in [1.54, 1.807) is 0 Å². The van der Waals surface area contributed by atoms with Gasteiger partial charge in [0.1, 0.15) is 12.0 Å². The lowest BCUT2D eigenvalue weighted by Crippen LogP contribution is -2.41. The Morgan fingerprint density at radius 2 is 2.10 bits per heavy atom. The van der Waals surface area contributed by atoms with Crippen molar-refractivity contribution < 1.29 is 24.3 Å². The fourth-order valence-electron chi connectivity index (χ4n) is 2.25. The van der Waals surface area contributed by atoms with Crippen LogP contribution in [0.25, 0.3) is 0 Å². The number of aromatic hydroxyl groups is 1. The van der Waals surface area contributed by atoms with Crippen molar-refractivity contribution in [3.63, 3.8) is 0 Å². The maximum atomic E-state index is 12.2. The van der Waals surface area contributed by atoms with Crippen molar-refractivity contribution in [2.45, 2.75) is 18.9 Å². The predicted molar refractivity (Wildman–Crippen MR) is 71.8 cm³/mol. The average molecular weight is 290 g/mol. The normalized spacial score (nSPS) is 14.8. The molecule has 7 heteroatoms. The zero-order valence-corrected chi connectivity index (χ0v) is 11.3. The highest BCUT2D eigenvalue weighted by Crippen LogP contribution is 2.31. The summed E-state index contributed by atoms with van der Waals surface area (Å²) in [5, 5.41) is 12.1. The minimum Gasteiger partial charge on any atom is -0.507 e. The van der Waals surface area contributed by atoms with Crippen LogP contribution in [0, 0.1) is 0 Å². The lowest BCUT2D eigenvalue weighted by atomic mass is 10.1. The van der Waals surface area contributed by atoms with Crippen molar-refractivity contribution in [1.82, 2.24) is 10.2 Å². The molecule has 1 aliphatic rings. The van der Waals surface area contributed by atoms with Gasteiger partial charge in [0.05, 0.1) is 17.2 Å². The van der Waals surface area contributed by atoms with Crippen molar-refractivity contribution in [3.05, 3.63) is 29.3 Å². The molecule has 0 radical (unpaired) electrons. The Hall–Kier alpha value is -2.70. The van der Waals surface area contributed by atoms with Gasteiger partial charge in [-0.1, -0.05) is 6.07 Å². The summed E-state index contributed by atoms with van der Waals surface area (Å²) < 4.78 is 0. The molecule has 1 atom stereocenters. The third kappa shape index (κ3) is 2.49. The van der Waals surface area contributed by atoms with E-state index >= 15 is 0 Å². The fraction of sp³-hybridized carbons (Fsp3) is 0.286. The first kappa shape index (κ1) is 14.7. The molecule has 1 aromatic rings. The molecule has 0 bridgehead atoms. The topological polar surface area (TPSA) is 104 Å². The lowest BCUT2D eigenvalue weighted by molar-refractivity contribution is -0.121. The molecule has 21 heavy (non-hydrogen) atoms. The van der Waals surface area contributed by atoms with E-state index in [1.165, 1.54) is 25.2 Å². The number of nitrogens with zero attached hydrogens (tertiary/aromatic N) is 1. The predicted octanol–water partition coefficient (Wildman–Crippen LogP) is 0.0819. The van der Waals surface area contributed by atoms with E-state index in [0.717, 1.165) is 4.90 Å². The fourth-order valence-corrected chi connectivity index (χ4v) is 2.25. The molecule has 0 aliphatic carbocycles. The molecular weight excluding hydrogens is 276 g/mol. The van der Waals surface area contributed by atoms with Crippen LogP contribution in [0.1, 0.15) is 33.6 Å². The van der Waals surface area contributed by atoms with Gasteiger partial charge in [-0.25, -0.2) is 0 Å². The molecule has 7 nitrogen and oxygen atoms in total. The molecule has 1 heterocycles. The van der Waals surface area contributed by atoms with Crippen LogP contribution in [0.2, 0.25) is 0 Å². The van der Waals surface area contributed by atoms with Crippen LogP contribution >= 0.6 is 0 Å². The quantitative estimate of drug-likeness (QED) is 0.590. The van der Waals surface area contributed by atoms with Gasteiger partial charge in [0.2, 0.25) is 5.91 Å². The largest absolute Gasteiger partial charge is 0.507 e. The van der Waals surface area contributed by atoms with Crippen molar-refractivity contribution in [3.8, 4) is 5.75 Å². The van der Waals surface area contributed by atoms with Gasteiger partial charge in [0, 0.05) is 13.5 Å². The second-order valence-corrected chi connectivity index (χ2v) is 4.60. The minimum atomic E-state index is -1.03. The number of aldehydes is 1. The lowest BCUT2D eigenvalue weighted by Gasteiger charge is -2.20. The number of fused-ring (bicyclic) bond motifs is 1. The standard InChI is InChI=1S/C14H14N2O5/c1-15-11(19)6-5-8(7-17)16-13(20)9-3-2-4-10(18)12(9)14(16)21/h2-4,7-8,18H,5-6H2,1H3,(H,15,19). The molecule has 0 spiro atoms. The smallest absolute Gasteiger partial charge is 0.265 e. The van der Waals surface area contributed by atoms with Crippen LogP contribution in [0.3, 0.4) is 0 Å². The van der Waals surface area contributed by atoms with Crippen LogP contribution in [0.4, 0.5) is 0 Å². The Balaban J connectivity index is 2.27. The summed E-state index contributed by atoms with van der Waals surface area (Å²) in [7, 11) is 1.46. The van der Waals surface area contributed by atoms with Gasteiger partial charge in [-0.3, -0.25) is 19.3 Å². The van der Waals surface area contributed by atoms with Gasteiger partial charge in [-0.2, -0.15) is 0 Å². The van der Waals surface area contributed by atoms with Crippen molar-refractivity contribution >= 4 is 24.0 Å². The first-order chi connectivity index (χ1) is 10.0. The minimum absolute atomic E-state index is 0.0132. The van der Waals surface area contributed by atoms with E-state index in [4.69, 9.17) is 0 Å². The van der Waals surface area contributed by atoms with Gasteiger partial charge >= 0.3 is 0 Å². The van der Waals surface area contributed by atoms with Crippen LogP contribution in [0.15, 0.2) is 18.2 Å². The number of hydrogen-bond donors (Lipinski definition) is 2. The summed E-state index contributed by atoms with van der Waals surface area (Å²) in [5.74, 6) is -1.95. The number of phenols is 1. The molecule has 0 saturated carbocycles. The molecule has 2 N–H and O–H groups in total. The van der Waals surface area contributed by atoms with Crippen molar-refractivity contribution in [1.29, 1.82) is 0 Å². The molecule has 0 fully saturated rings. The number of benzene rings is 1. The van der Waals surface area contributed by atoms with E-state index in [9.17, 15) is 24.3 Å². The summed E-state index contributed by atoms with van der Waals surface area (Å²) in [6.07, 6.45) is 0.510. The molecule has 2 rings (SSSR count). The van der Waals surface area contributed by atoms with E-state index in [-0.39, 0.29) is 35.6 Å². The number of phenolic OH excluding ortho intramolecular Hbond substituents is 1. The summed E-state index contributed by atoms with van der Waals surface area (Å²) in [6, 6.07) is 3.13. The molecule has 1 unspecified atom stereocenters. The monoisotopic (exact) mass is 290 g/mol. The first-order valence-corrected chi connectivity index (χ1v) is 6.37. The SMILES string of the molecule is CNC(=O)CCC(C=O)N1C(=O)c2cccc(O)c2C1=O. The van der Waals surface area contributed by atoms with Gasteiger partial charge in [0.25, 0.3) is 11.8 Å². The van der Waals surface area contributed by atoms with Crippen molar-refractivity contribution in [2.24, 2.45) is 0 Å². The van der Waals surface area contributed by atoms with Crippen molar-refractivity contribution in [2.75, 3.05) is 7.05 Å². The Bertz CT molecular complexity index is 626. The summed E-state index contributed by atoms with van der Waals surface area (Å²) in [6.45, 7) is 0. The number of hydrogen-bond acceptors (Lipinski definition) is 5. The van der Waals surface area contributed by atoms with Crippen LogP contribution in [0.5, 0.6) is 5.75 Å². The Morgan fingerprint density at radius 3 is 2.67 bits per heavy atom. The third-order valence-corrected chi connectivity index (χ3v) is 3.36. The highest BCUT2D eigenvalue weighted by Gasteiger charge is 2.41. The van der Waals surface area contributed by atoms with Gasteiger partial charge in [-0.15, -0.1) is 0 Å². The number of amides is 3. The van der Waals surface area contributed by atoms with E-state index in [2.05, 4.69) is 5.32 Å². The van der Waals surface area contributed by atoms with Crippen LogP contribution in [-0.2, 0) is 9.59 Å². The molecule has 1 aliphatic heterocycles. The number of imide groups is 1. The number of rotatable bonds is 5. The maximum absolute atomic E-state index is 12.2. The van der Waals surface area contributed by atoms with Crippen LogP contribution < -0.4 is 5.32 Å². The number of carbonyl (C=O) groups excluding carboxylic acids is 4. The van der Waals surface area contributed by atoms with E-state index in [0.29, 0.717) is 6.29 Å². The zero-order chi connectivity index (χ0) is 15.6. The molecule has 3 amide bonds. The van der Waals surface area contributed by atoms with E-state index in [1.807, 2.05) is 0 Å². The Kier molecular flexibility index (Phi) is 4.02. The second kappa shape index (κ2) is 5.74. The third-order valence-electron chi connectivity index (χ3n) is 3.36.